The molecule has 0 spiro atoms. The van der Waals surface area contributed by atoms with Crippen LogP contribution in [0.4, 0.5) is 4.79 Å². The van der Waals surface area contributed by atoms with E-state index in [0.717, 1.165) is 35.9 Å². The molecule has 1 saturated heterocycles. The highest BCUT2D eigenvalue weighted by Gasteiger charge is 2.26. The highest BCUT2D eigenvalue weighted by Crippen LogP contribution is 2.23. The molecule has 1 N–H and O–H groups in total. The maximum Gasteiger partial charge on any atom is 0.317 e. The number of carbonyl (C=O) groups is 1. The van der Waals surface area contributed by atoms with Gasteiger partial charge in [-0.2, -0.15) is 0 Å². The van der Waals surface area contributed by atoms with Gasteiger partial charge in [0, 0.05) is 33.2 Å². The van der Waals surface area contributed by atoms with Crippen LogP contribution < -0.4 is 10.1 Å². The first-order valence-corrected chi connectivity index (χ1v) is 10.2. The van der Waals surface area contributed by atoms with Crippen molar-refractivity contribution in [1.29, 1.82) is 0 Å². The number of urea groups is 1. The van der Waals surface area contributed by atoms with Gasteiger partial charge in [-0.3, -0.25) is 4.90 Å². The minimum absolute atomic E-state index is 0.00424. The van der Waals surface area contributed by atoms with Gasteiger partial charge in [0.25, 0.3) is 0 Å². The lowest BCUT2D eigenvalue weighted by atomic mass is 10.1. The number of hydrogen-bond acceptors (Lipinski definition) is 5. The molecule has 29 heavy (non-hydrogen) atoms. The number of ether oxygens (including phenoxy) is 2. The first-order chi connectivity index (χ1) is 14.1. The van der Waals surface area contributed by atoms with E-state index in [0.29, 0.717) is 32.9 Å². The van der Waals surface area contributed by atoms with Crippen LogP contribution in [0.5, 0.6) is 5.75 Å². The Morgan fingerprint density at radius 1 is 1.21 bits per heavy atom. The number of aryl methyl sites for hydroxylation is 1. The SMILES string of the molecule is CCOc1ccc(CN(C)C(=O)NCC(c2ccc(C)o2)N2CCOCC2)cc1. The normalized spacial score (nSPS) is 15.7. The van der Waals surface area contributed by atoms with Crippen molar-refractivity contribution in [2.24, 2.45) is 0 Å². The van der Waals surface area contributed by atoms with Crippen molar-refractivity contribution in [2.45, 2.75) is 26.4 Å². The van der Waals surface area contributed by atoms with Gasteiger partial charge in [-0.05, 0) is 43.7 Å². The van der Waals surface area contributed by atoms with Crippen molar-refractivity contribution in [3.63, 3.8) is 0 Å². The Balaban J connectivity index is 1.57. The molecule has 2 heterocycles. The quantitative estimate of drug-likeness (QED) is 0.736. The monoisotopic (exact) mass is 401 g/mol. The van der Waals surface area contributed by atoms with E-state index >= 15 is 0 Å². The summed E-state index contributed by atoms with van der Waals surface area (Å²) >= 11 is 0. The Kier molecular flexibility index (Phi) is 7.55. The van der Waals surface area contributed by atoms with E-state index in [1.807, 2.05) is 50.2 Å². The number of rotatable bonds is 8. The molecule has 1 aromatic carbocycles. The van der Waals surface area contributed by atoms with E-state index in [4.69, 9.17) is 13.9 Å². The molecule has 3 rings (SSSR count). The number of carbonyl (C=O) groups excluding carboxylic acids is 1. The fourth-order valence-corrected chi connectivity index (χ4v) is 3.45. The van der Waals surface area contributed by atoms with Crippen LogP contribution >= 0.6 is 0 Å². The van der Waals surface area contributed by atoms with Crippen LogP contribution in [0.3, 0.4) is 0 Å². The van der Waals surface area contributed by atoms with Crippen molar-refractivity contribution in [1.82, 2.24) is 15.1 Å². The lowest BCUT2D eigenvalue weighted by Crippen LogP contribution is -2.45. The third kappa shape index (κ3) is 5.98. The number of hydrogen-bond donors (Lipinski definition) is 1. The van der Waals surface area contributed by atoms with Crippen molar-refractivity contribution in [3.05, 3.63) is 53.5 Å². The Hall–Kier alpha value is -2.51. The van der Waals surface area contributed by atoms with Gasteiger partial charge < -0.3 is 24.1 Å². The fourth-order valence-electron chi connectivity index (χ4n) is 3.45. The molecule has 7 nitrogen and oxygen atoms in total. The Bertz CT molecular complexity index is 769. The van der Waals surface area contributed by atoms with Crippen LogP contribution in [-0.2, 0) is 11.3 Å². The van der Waals surface area contributed by atoms with Crippen LogP contribution in [0.2, 0.25) is 0 Å². The molecule has 1 aliphatic heterocycles. The predicted octanol–water partition coefficient (Wildman–Crippen LogP) is 3.20. The van der Waals surface area contributed by atoms with E-state index in [1.165, 1.54) is 0 Å². The minimum atomic E-state index is -0.111. The first-order valence-electron chi connectivity index (χ1n) is 10.2. The van der Waals surface area contributed by atoms with Gasteiger partial charge in [-0.25, -0.2) is 4.79 Å². The molecule has 1 atom stereocenters. The summed E-state index contributed by atoms with van der Waals surface area (Å²) in [6, 6.07) is 11.7. The molecule has 1 unspecified atom stereocenters. The summed E-state index contributed by atoms with van der Waals surface area (Å²) in [6.07, 6.45) is 0. The summed E-state index contributed by atoms with van der Waals surface area (Å²) in [5.74, 6) is 2.58. The maximum absolute atomic E-state index is 12.7. The molecule has 158 valence electrons. The van der Waals surface area contributed by atoms with Gasteiger partial charge in [0.15, 0.2) is 0 Å². The zero-order valence-electron chi connectivity index (χ0n) is 17.5. The number of nitrogens with zero attached hydrogens (tertiary/aromatic N) is 2. The zero-order valence-corrected chi connectivity index (χ0v) is 17.5. The van der Waals surface area contributed by atoms with Crippen molar-refractivity contribution < 1.29 is 18.7 Å². The summed E-state index contributed by atoms with van der Waals surface area (Å²) in [6.45, 7) is 8.58. The molecular formula is C22H31N3O4. The van der Waals surface area contributed by atoms with E-state index < -0.39 is 0 Å². The van der Waals surface area contributed by atoms with Gasteiger partial charge in [-0.1, -0.05) is 12.1 Å². The van der Waals surface area contributed by atoms with Crippen LogP contribution in [0.15, 0.2) is 40.8 Å². The number of nitrogens with one attached hydrogen (secondary N) is 1. The standard InChI is InChI=1S/C22H31N3O4/c1-4-28-19-8-6-18(7-9-19)16-24(3)22(26)23-15-20(21-10-5-17(2)29-21)25-11-13-27-14-12-25/h5-10,20H,4,11-16H2,1-3H3,(H,23,26). The summed E-state index contributed by atoms with van der Waals surface area (Å²) < 4.78 is 16.8. The molecule has 1 aliphatic rings. The lowest BCUT2D eigenvalue weighted by Gasteiger charge is -2.33. The molecule has 0 bridgehead atoms. The molecule has 2 amide bonds. The molecule has 0 aliphatic carbocycles. The van der Waals surface area contributed by atoms with E-state index in [1.54, 1.807) is 11.9 Å². The molecule has 1 aromatic heterocycles. The summed E-state index contributed by atoms with van der Waals surface area (Å²) in [5, 5.41) is 3.06. The second-order valence-electron chi connectivity index (χ2n) is 7.23. The highest BCUT2D eigenvalue weighted by atomic mass is 16.5. The third-order valence-corrected chi connectivity index (χ3v) is 5.02. The van der Waals surface area contributed by atoms with Gasteiger partial charge in [0.05, 0.1) is 25.9 Å². The molecule has 1 fully saturated rings. The van der Waals surface area contributed by atoms with E-state index in [-0.39, 0.29) is 12.1 Å². The molecule has 0 saturated carbocycles. The number of morpholine rings is 1. The topological polar surface area (TPSA) is 67.2 Å². The Morgan fingerprint density at radius 3 is 2.55 bits per heavy atom. The minimum Gasteiger partial charge on any atom is -0.494 e. The lowest BCUT2D eigenvalue weighted by molar-refractivity contribution is 0.0119. The third-order valence-electron chi connectivity index (χ3n) is 5.02. The smallest absolute Gasteiger partial charge is 0.317 e. The summed E-state index contributed by atoms with van der Waals surface area (Å²) in [4.78, 5) is 16.6. The van der Waals surface area contributed by atoms with Crippen LogP contribution in [0, 0.1) is 6.92 Å². The number of amides is 2. The molecule has 7 heteroatoms. The second-order valence-corrected chi connectivity index (χ2v) is 7.23. The fraction of sp³-hybridized carbons (Fsp3) is 0.500. The zero-order chi connectivity index (χ0) is 20.6. The highest BCUT2D eigenvalue weighted by molar-refractivity contribution is 5.73. The molecular weight excluding hydrogens is 370 g/mol. The second kappa shape index (κ2) is 10.3. The predicted molar refractivity (Wildman–Crippen MR) is 111 cm³/mol. The Morgan fingerprint density at radius 2 is 1.93 bits per heavy atom. The number of benzene rings is 1. The van der Waals surface area contributed by atoms with Gasteiger partial charge in [-0.15, -0.1) is 0 Å². The Labute approximate surface area is 172 Å². The van der Waals surface area contributed by atoms with Crippen LogP contribution in [0.25, 0.3) is 0 Å². The largest absolute Gasteiger partial charge is 0.494 e. The first kappa shape index (κ1) is 21.2. The molecule has 0 radical (unpaired) electrons. The van der Waals surface area contributed by atoms with Crippen LogP contribution in [0.1, 0.15) is 30.0 Å². The average molecular weight is 402 g/mol. The van der Waals surface area contributed by atoms with Gasteiger partial charge in [0.1, 0.15) is 17.3 Å². The van der Waals surface area contributed by atoms with Crippen molar-refractivity contribution in [3.8, 4) is 5.75 Å². The van der Waals surface area contributed by atoms with Crippen LogP contribution in [-0.4, -0.2) is 62.3 Å². The van der Waals surface area contributed by atoms with Crippen molar-refractivity contribution >= 4 is 6.03 Å². The maximum atomic E-state index is 12.7. The van der Waals surface area contributed by atoms with E-state index in [9.17, 15) is 4.79 Å². The summed E-state index contributed by atoms with van der Waals surface area (Å²) in [5.41, 5.74) is 1.05. The van der Waals surface area contributed by atoms with Gasteiger partial charge >= 0.3 is 6.03 Å². The van der Waals surface area contributed by atoms with Gasteiger partial charge in [0.2, 0.25) is 0 Å². The number of furan rings is 1. The van der Waals surface area contributed by atoms with Crippen molar-refractivity contribution in [2.75, 3.05) is 46.5 Å². The average Bonchev–Trinajstić information content (AvgIpc) is 3.16. The molecule has 2 aromatic rings. The van der Waals surface area contributed by atoms with E-state index in [2.05, 4.69) is 10.2 Å². The summed E-state index contributed by atoms with van der Waals surface area (Å²) in [7, 11) is 1.80.